The van der Waals surface area contributed by atoms with E-state index < -0.39 is 0 Å². The fraction of sp³-hybridized carbons (Fsp3) is 0.480. The maximum Gasteiger partial charge on any atom is 0.231 e. The largest absolute Gasteiger partial charge is 0.366 e. The Labute approximate surface area is 183 Å². The molecule has 0 saturated carbocycles. The van der Waals surface area contributed by atoms with Gasteiger partial charge < -0.3 is 4.90 Å². The number of hydrogen-bond donors (Lipinski definition) is 0. The third-order valence-electron chi connectivity index (χ3n) is 6.69. The van der Waals surface area contributed by atoms with E-state index >= 15 is 0 Å². The molecule has 0 spiro atoms. The van der Waals surface area contributed by atoms with Crippen molar-refractivity contribution >= 4 is 38.1 Å². The maximum absolute atomic E-state index is 4.67. The van der Waals surface area contributed by atoms with E-state index in [9.17, 15) is 0 Å². The Morgan fingerprint density at radius 1 is 1.17 bits per heavy atom. The summed E-state index contributed by atoms with van der Waals surface area (Å²) >= 11 is 1.62. The van der Waals surface area contributed by atoms with E-state index in [1.165, 1.54) is 39.9 Å². The van der Waals surface area contributed by atoms with Crippen molar-refractivity contribution in [1.29, 1.82) is 0 Å². The molecule has 1 atom stereocenters. The Hall–Kier alpha value is -2.27. The molecule has 3 aromatic rings. The maximum atomic E-state index is 4.67. The van der Waals surface area contributed by atoms with Gasteiger partial charge >= 0.3 is 0 Å². The van der Waals surface area contributed by atoms with E-state index in [1.54, 1.807) is 11.3 Å². The minimum atomic E-state index is 0.223. The number of anilines is 1. The normalized spacial score (nSPS) is 20.3. The van der Waals surface area contributed by atoms with Gasteiger partial charge in [-0.1, -0.05) is 38.2 Å². The van der Waals surface area contributed by atoms with Gasteiger partial charge in [-0.25, -0.2) is 4.98 Å². The minimum absolute atomic E-state index is 0.223. The van der Waals surface area contributed by atoms with Gasteiger partial charge in [0.25, 0.3) is 0 Å². The second-order valence-corrected chi connectivity index (χ2v) is 10.8. The van der Waals surface area contributed by atoms with E-state index in [1.807, 2.05) is 0 Å². The van der Waals surface area contributed by atoms with Crippen LogP contribution in [-0.4, -0.2) is 17.1 Å². The first-order chi connectivity index (χ1) is 14.3. The third-order valence-corrected chi connectivity index (χ3v) is 7.59. The molecule has 2 aliphatic rings. The number of azo groups is 1. The first-order valence-corrected chi connectivity index (χ1v) is 11.9. The smallest absolute Gasteiger partial charge is 0.231 e. The van der Waals surface area contributed by atoms with Crippen LogP contribution in [0.3, 0.4) is 0 Å². The predicted molar refractivity (Wildman–Crippen MR) is 127 cm³/mol. The van der Waals surface area contributed by atoms with Gasteiger partial charge in [0.2, 0.25) is 5.13 Å². The molecule has 0 radical (unpaired) electrons. The van der Waals surface area contributed by atoms with Crippen molar-refractivity contribution in [2.75, 3.05) is 11.4 Å². The van der Waals surface area contributed by atoms with E-state index in [4.69, 9.17) is 0 Å². The molecule has 0 aliphatic carbocycles. The van der Waals surface area contributed by atoms with Crippen LogP contribution in [0.2, 0.25) is 0 Å². The Morgan fingerprint density at radius 3 is 2.80 bits per heavy atom. The predicted octanol–water partition coefficient (Wildman–Crippen LogP) is 7.87. The Bertz CT molecular complexity index is 1140. The summed E-state index contributed by atoms with van der Waals surface area (Å²) in [5.41, 5.74) is 7.85. The molecule has 0 fully saturated rings. The van der Waals surface area contributed by atoms with Crippen molar-refractivity contribution in [3.63, 3.8) is 0 Å². The molecule has 0 saturated heterocycles. The van der Waals surface area contributed by atoms with Crippen LogP contribution in [0.1, 0.15) is 76.0 Å². The van der Waals surface area contributed by atoms with E-state index in [-0.39, 0.29) is 5.54 Å². The van der Waals surface area contributed by atoms with Gasteiger partial charge in [0.05, 0.1) is 15.9 Å². The molecule has 4 nitrogen and oxygen atoms in total. The summed E-state index contributed by atoms with van der Waals surface area (Å²) in [6.07, 6.45) is 3.51. The average Bonchev–Trinajstić information content (AvgIpc) is 3.12. The molecule has 1 unspecified atom stereocenters. The van der Waals surface area contributed by atoms with Gasteiger partial charge in [0.15, 0.2) is 0 Å². The molecular weight excluding hydrogens is 388 g/mol. The number of rotatable bonds is 3. The van der Waals surface area contributed by atoms with Crippen LogP contribution in [-0.2, 0) is 6.42 Å². The number of aromatic nitrogens is 1. The highest BCUT2D eigenvalue weighted by atomic mass is 32.1. The highest BCUT2D eigenvalue weighted by Crippen LogP contribution is 2.48. The second kappa shape index (κ2) is 7.16. The summed E-state index contributed by atoms with van der Waals surface area (Å²) in [5, 5.41) is 9.87. The Kier molecular flexibility index (Phi) is 4.69. The average molecular weight is 419 g/mol. The molecule has 1 aromatic heterocycles. The third kappa shape index (κ3) is 3.33. The van der Waals surface area contributed by atoms with Gasteiger partial charge in [0.1, 0.15) is 0 Å². The molecule has 0 bridgehead atoms. The second-order valence-electron chi connectivity index (χ2n) is 9.79. The lowest BCUT2D eigenvalue weighted by Crippen LogP contribution is -2.50. The van der Waals surface area contributed by atoms with Crippen molar-refractivity contribution in [3.8, 4) is 0 Å². The van der Waals surface area contributed by atoms with Crippen LogP contribution in [0.15, 0.2) is 40.6 Å². The highest BCUT2D eigenvalue weighted by molar-refractivity contribution is 7.21. The van der Waals surface area contributed by atoms with Crippen LogP contribution < -0.4 is 4.90 Å². The molecule has 3 heterocycles. The Balaban J connectivity index is 1.50. The van der Waals surface area contributed by atoms with Gasteiger partial charge in [-0.2, -0.15) is 0 Å². The molecule has 30 heavy (non-hydrogen) atoms. The van der Waals surface area contributed by atoms with E-state index in [2.05, 4.69) is 85.1 Å². The summed E-state index contributed by atoms with van der Waals surface area (Å²) in [4.78, 5) is 7.29. The van der Waals surface area contributed by atoms with Crippen molar-refractivity contribution in [2.45, 2.75) is 71.3 Å². The Morgan fingerprint density at radius 2 is 2.00 bits per heavy atom. The first-order valence-electron chi connectivity index (χ1n) is 11.1. The van der Waals surface area contributed by atoms with Gasteiger partial charge in [-0.05, 0) is 85.9 Å². The summed E-state index contributed by atoms with van der Waals surface area (Å²) < 4.78 is 1.18. The van der Waals surface area contributed by atoms with Crippen molar-refractivity contribution in [3.05, 3.63) is 47.0 Å². The monoisotopic (exact) mass is 418 g/mol. The minimum Gasteiger partial charge on any atom is -0.366 e. The summed E-state index contributed by atoms with van der Waals surface area (Å²) in [6.45, 7) is 12.7. The van der Waals surface area contributed by atoms with Crippen LogP contribution in [0.25, 0.3) is 10.2 Å². The van der Waals surface area contributed by atoms with Crippen molar-refractivity contribution < 1.29 is 0 Å². The van der Waals surface area contributed by atoms with Gasteiger partial charge in [0, 0.05) is 17.8 Å². The van der Waals surface area contributed by atoms with Gasteiger partial charge in [-0.15, -0.1) is 10.2 Å². The standard InChI is InChI=1S/C25H30N4S/c1-15(2)17-8-9-21-22(12-17)30-24(26-21)28-27-19-11-18-7-6-10-29-23(18)20(13-19)16(3)14-25(29,4)5/h8-9,11-13,15-16H,6-7,10,14H2,1-5H3. The van der Waals surface area contributed by atoms with E-state index in [0.717, 1.165) is 29.3 Å². The highest BCUT2D eigenvalue weighted by Gasteiger charge is 2.39. The van der Waals surface area contributed by atoms with Crippen LogP contribution in [0, 0.1) is 0 Å². The number of thiazole rings is 1. The topological polar surface area (TPSA) is 40.9 Å². The first kappa shape index (κ1) is 19.7. The quantitative estimate of drug-likeness (QED) is 0.406. The SMILES string of the molecule is CC(C)c1ccc2nc(N=Nc3cc4c5c(c3)C(C)CC(C)(C)N5CCC4)sc2c1. The molecule has 0 N–H and O–H groups in total. The fourth-order valence-corrected chi connectivity index (χ4v) is 6.04. The molecule has 156 valence electrons. The molecular formula is C25H30N4S. The fourth-order valence-electron chi connectivity index (χ4n) is 5.20. The number of benzene rings is 2. The van der Waals surface area contributed by atoms with Crippen molar-refractivity contribution in [1.82, 2.24) is 4.98 Å². The summed E-state index contributed by atoms with van der Waals surface area (Å²) in [5.74, 6) is 1.05. The van der Waals surface area contributed by atoms with E-state index in [0.29, 0.717) is 11.8 Å². The summed E-state index contributed by atoms with van der Waals surface area (Å²) in [6, 6.07) is 11.0. The molecule has 0 amide bonds. The van der Waals surface area contributed by atoms with Gasteiger partial charge in [-0.3, -0.25) is 0 Å². The zero-order valence-corrected chi connectivity index (χ0v) is 19.4. The zero-order chi connectivity index (χ0) is 21.0. The van der Waals surface area contributed by atoms with Crippen LogP contribution >= 0.6 is 11.3 Å². The number of aryl methyl sites for hydroxylation is 1. The lowest BCUT2D eigenvalue weighted by atomic mass is 9.77. The van der Waals surface area contributed by atoms with Crippen LogP contribution in [0.5, 0.6) is 0 Å². The number of hydrogen-bond acceptors (Lipinski definition) is 5. The summed E-state index contributed by atoms with van der Waals surface area (Å²) in [7, 11) is 0. The molecule has 5 rings (SSSR count). The molecule has 5 heteroatoms. The lowest BCUT2D eigenvalue weighted by molar-refractivity contribution is 0.366. The van der Waals surface area contributed by atoms with Crippen LogP contribution in [0.4, 0.5) is 16.5 Å². The van der Waals surface area contributed by atoms with Crippen molar-refractivity contribution in [2.24, 2.45) is 10.2 Å². The molecule has 2 aliphatic heterocycles. The molecule has 2 aromatic carbocycles. The zero-order valence-electron chi connectivity index (χ0n) is 18.6. The number of fused-ring (bicyclic) bond motifs is 1. The lowest BCUT2D eigenvalue weighted by Gasteiger charge is -2.50. The number of nitrogens with zero attached hydrogens (tertiary/aromatic N) is 4.